The summed E-state index contributed by atoms with van der Waals surface area (Å²) < 4.78 is 0. The Morgan fingerprint density at radius 3 is 2.56 bits per heavy atom. The first-order valence-electron chi connectivity index (χ1n) is 8.72. The molecule has 0 bridgehead atoms. The number of anilines is 2. The van der Waals surface area contributed by atoms with Gasteiger partial charge < -0.3 is 10.2 Å². The van der Waals surface area contributed by atoms with Gasteiger partial charge in [-0.05, 0) is 67.3 Å². The van der Waals surface area contributed by atoms with Gasteiger partial charge in [-0.15, -0.1) is 0 Å². The van der Waals surface area contributed by atoms with E-state index < -0.39 is 5.91 Å². The van der Waals surface area contributed by atoms with Gasteiger partial charge in [-0.1, -0.05) is 29.3 Å². The van der Waals surface area contributed by atoms with E-state index in [1.165, 1.54) is 24.6 Å². The number of aryl methyl sites for hydroxylation is 1. The third kappa shape index (κ3) is 4.63. The molecule has 1 aliphatic heterocycles. The highest BCUT2D eigenvalue weighted by Crippen LogP contribution is 2.27. The summed E-state index contributed by atoms with van der Waals surface area (Å²) in [6.07, 6.45) is 4.01. The van der Waals surface area contributed by atoms with Gasteiger partial charge in [0.1, 0.15) is 11.6 Å². The topological polar surface area (TPSA) is 56.1 Å². The van der Waals surface area contributed by atoms with Crippen LogP contribution in [0, 0.1) is 18.3 Å². The van der Waals surface area contributed by atoms with Crippen LogP contribution in [0.3, 0.4) is 0 Å². The molecule has 27 heavy (non-hydrogen) atoms. The van der Waals surface area contributed by atoms with E-state index in [0.717, 1.165) is 24.2 Å². The molecule has 3 rings (SSSR count). The summed E-state index contributed by atoms with van der Waals surface area (Å²) in [4.78, 5) is 14.8. The van der Waals surface area contributed by atoms with Gasteiger partial charge in [-0.25, -0.2) is 0 Å². The molecule has 1 saturated heterocycles. The van der Waals surface area contributed by atoms with Crippen LogP contribution in [0.25, 0.3) is 6.08 Å². The van der Waals surface area contributed by atoms with E-state index in [9.17, 15) is 10.1 Å². The molecule has 0 saturated carbocycles. The van der Waals surface area contributed by atoms with E-state index in [2.05, 4.69) is 16.3 Å². The first-order valence-corrected chi connectivity index (χ1v) is 9.47. The predicted octanol–water partition coefficient (Wildman–Crippen LogP) is 5.45. The highest BCUT2D eigenvalue weighted by Gasteiger charge is 2.15. The maximum atomic E-state index is 12.4. The fraction of sp³-hybridized carbons (Fsp3) is 0.238. The smallest absolute Gasteiger partial charge is 0.266 e. The molecule has 0 unspecified atom stereocenters. The molecule has 1 heterocycles. The SMILES string of the molecule is Cc1cc(/C=C(\C#N)C(=O)Nc2ccc(Cl)cc2Cl)ccc1N1CCCC1. The lowest BCUT2D eigenvalue weighted by atomic mass is 10.1. The van der Waals surface area contributed by atoms with Crippen LogP contribution >= 0.6 is 23.2 Å². The lowest BCUT2D eigenvalue weighted by Gasteiger charge is -2.20. The summed E-state index contributed by atoms with van der Waals surface area (Å²) >= 11 is 11.9. The molecule has 1 aliphatic rings. The lowest BCUT2D eigenvalue weighted by Crippen LogP contribution is -2.18. The third-order valence-corrected chi connectivity index (χ3v) is 5.07. The van der Waals surface area contributed by atoms with Crippen molar-refractivity contribution in [2.45, 2.75) is 19.8 Å². The van der Waals surface area contributed by atoms with Gasteiger partial charge >= 0.3 is 0 Å². The van der Waals surface area contributed by atoms with Crippen LogP contribution in [-0.4, -0.2) is 19.0 Å². The molecule has 6 heteroatoms. The van der Waals surface area contributed by atoms with Crippen molar-refractivity contribution in [3.63, 3.8) is 0 Å². The van der Waals surface area contributed by atoms with E-state index >= 15 is 0 Å². The molecule has 0 radical (unpaired) electrons. The summed E-state index contributed by atoms with van der Waals surface area (Å²) in [6, 6.07) is 12.7. The number of nitriles is 1. The number of nitrogens with zero attached hydrogens (tertiary/aromatic N) is 2. The maximum absolute atomic E-state index is 12.4. The summed E-state index contributed by atoms with van der Waals surface area (Å²) in [6.45, 7) is 4.19. The minimum absolute atomic E-state index is 0.00865. The van der Waals surface area contributed by atoms with Crippen molar-refractivity contribution in [2.75, 3.05) is 23.3 Å². The Kier molecular flexibility index (Phi) is 6.05. The fourth-order valence-corrected chi connectivity index (χ4v) is 3.63. The number of carbonyl (C=O) groups excluding carboxylic acids is 1. The van der Waals surface area contributed by atoms with Crippen LogP contribution in [0.1, 0.15) is 24.0 Å². The third-order valence-electron chi connectivity index (χ3n) is 4.52. The Balaban J connectivity index is 1.80. The van der Waals surface area contributed by atoms with Crippen molar-refractivity contribution < 1.29 is 4.79 Å². The van der Waals surface area contributed by atoms with Gasteiger partial charge in [0.15, 0.2) is 0 Å². The molecule has 0 aliphatic carbocycles. The van der Waals surface area contributed by atoms with Crippen LogP contribution in [0.5, 0.6) is 0 Å². The highest BCUT2D eigenvalue weighted by molar-refractivity contribution is 6.36. The molecule has 2 aromatic rings. The number of nitrogens with one attached hydrogen (secondary N) is 1. The van der Waals surface area contributed by atoms with E-state index in [0.29, 0.717) is 15.7 Å². The van der Waals surface area contributed by atoms with Gasteiger partial charge in [0.25, 0.3) is 5.91 Å². The second-order valence-electron chi connectivity index (χ2n) is 6.49. The molecular weight excluding hydrogens is 381 g/mol. The first kappa shape index (κ1) is 19.3. The number of hydrogen-bond acceptors (Lipinski definition) is 3. The van der Waals surface area contributed by atoms with Gasteiger partial charge in [-0.2, -0.15) is 5.26 Å². The minimum atomic E-state index is -0.511. The van der Waals surface area contributed by atoms with E-state index in [1.807, 2.05) is 25.1 Å². The summed E-state index contributed by atoms with van der Waals surface area (Å²) in [7, 11) is 0. The summed E-state index contributed by atoms with van der Waals surface area (Å²) in [5.74, 6) is -0.511. The zero-order valence-corrected chi connectivity index (χ0v) is 16.4. The maximum Gasteiger partial charge on any atom is 0.266 e. The van der Waals surface area contributed by atoms with Crippen LogP contribution in [0.15, 0.2) is 42.0 Å². The van der Waals surface area contributed by atoms with Crippen molar-refractivity contribution in [1.29, 1.82) is 5.26 Å². The Morgan fingerprint density at radius 2 is 1.93 bits per heavy atom. The zero-order chi connectivity index (χ0) is 19.4. The average Bonchev–Trinajstić information content (AvgIpc) is 3.16. The molecule has 2 aromatic carbocycles. The number of halogens is 2. The molecule has 1 N–H and O–H groups in total. The first-order chi connectivity index (χ1) is 13.0. The Labute approximate surface area is 169 Å². The minimum Gasteiger partial charge on any atom is -0.371 e. The molecular formula is C21H19Cl2N3O. The summed E-state index contributed by atoms with van der Waals surface area (Å²) in [5.41, 5.74) is 3.57. The Hall–Kier alpha value is -2.48. The van der Waals surface area contributed by atoms with Crippen LogP contribution in [0.4, 0.5) is 11.4 Å². The van der Waals surface area contributed by atoms with E-state index in [1.54, 1.807) is 18.2 Å². The molecule has 1 fully saturated rings. The molecule has 0 spiro atoms. The van der Waals surface area contributed by atoms with Crippen LogP contribution in [-0.2, 0) is 4.79 Å². The highest BCUT2D eigenvalue weighted by atomic mass is 35.5. The van der Waals surface area contributed by atoms with Crippen molar-refractivity contribution in [3.05, 3.63) is 63.1 Å². The van der Waals surface area contributed by atoms with Crippen molar-refractivity contribution in [1.82, 2.24) is 0 Å². The number of carbonyl (C=O) groups is 1. The van der Waals surface area contributed by atoms with E-state index in [4.69, 9.17) is 23.2 Å². The van der Waals surface area contributed by atoms with Gasteiger partial charge in [0.05, 0.1) is 10.7 Å². The zero-order valence-electron chi connectivity index (χ0n) is 14.9. The van der Waals surface area contributed by atoms with Crippen LogP contribution < -0.4 is 10.2 Å². The average molecular weight is 400 g/mol. The van der Waals surface area contributed by atoms with Crippen LogP contribution in [0.2, 0.25) is 10.0 Å². The molecule has 4 nitrogen and oxygen atoms in total. The van der Waals surface area contributed by atoms with Gasteiger partial charge in [0.2, 0.25) is 0 Å². The standard InChI is InChI=1S/C21H19Cl2N3O/c1-14-10-15(4-7-20(14)26-8-2-3-9-26)11-16(13-24)21(27)25-19-6-5-17(22)12-18(19)23/h4-7,10-12H,2-3,8-9H2,1H3,(H,25,27)/b16-11+. The normalized spacial score (nSPS) is 14.1. The molecule has 0 aromatic heterocycles. The molecule has 138 valence electrons. The van der Waals surface area contributed by atoms with E-state index in [-0.39, 0.29) is 5.57 Å². The number of hydrogen-bond donors (Lipinski definition) is 1. The van der Waals surface area contributed by atoms with Crippen molar-refractivity contribution in [3.8, 4) is 6.07 Å². The van der Waals surface area contributed by atoms with Gasteiger partial charge in [-0.3, -0.25) is 4.79 Å². The van der Waals surface area contributed by atoms with Crippen molar-refractivity contribution >= 4 is 46.6 Å². The second kappa shape index (κ2) is 8.47. The van der Waals surface area contributed by atoms with Gasteiger partial charge in [0, 0.05) is 23.8 Å². The second-order valence-corrected chi connectivity index (χ2v) is 7.33. The number of rotatable bonds is 4. The molecule has 1 amide bonds. The van der Waals surface area contributed by atoms with Crippen molar-refractivity contribution in [2.24, 2.45) is 0 Å². The Morgan fingerprint density at radius 1 is 1.19 bits per heavy atom. The lowest BCUT2D eigenvalue weighted by molar-refractivity contribution is -0.112. The number of amides is 1. The Bertz CT molecular complexity index is 941. The fourth-order valence-electron chi connectivity index (χ4n) is 3.18. The predicted molar refractivity (Wildman–Crippen MR) is 111 cm³/mol. The quantitative estimate of drug-likeness (QED) is 0.549. The molecule has 0 atom stereocenters. The number of benzene rings is 2. The monoisotopic (exact) mass is 399 g/mol. The largest absolute Gasteiger partial charge is 0.371 e. The summed E-state index contributed by atoms with van der Waals surface area (Å²) in [5, 5.41) is 12.8.